The van der Waals surface area contributed by atoms with Gasteiger partial charge in [0.2, 0.25) is 0 Å². The van der Waals surface area contributed by atoms with E-state index in [1.54, 1.807) is 12.3 Å². The van der Waals surface area contributed by atoms with Crippen molar-refractivity contribution >= 4 is 0 Å². The Bertz CT molecular complexity index is 253. The molecule has 1 rings (SSSR count). The lowest BCUT2D eigenvalue weighted by Crippen LogP contribution is -1.98. The number of aliphatic hydroxyl groups is 1. The van der Waals surface area contributed by atoms with E-state index in [-0.39, 0.29) is 6.42 Å². The Labute approximate surface area is 65.1 Å². The molecule has 0 saturated heterocycles. The summed E-state index contributed by atoms with van der Waals surface area (Å²) in [5.41, 5.74) is 0.568. The summed E-state index contributed by atoms with van der Waals surface area (Å²) in [7, 11) is 0. The standard InChI is InChI=1S/C8H8N2O/c1-2-3-8(11)7-4-5-9-6-10-7/h1,4-6,8,11H,3H2. The second-order valence-corrected chi connectivity index (χ2v) is 2.06. The average Bonchev–Trinajstić information content (AvgIpc) is 2.07. The first-order valence-electron chi connectivity index (χ1n) is 3.22. The fourth-order valence-electron chi connectivity index (χ4n) is 0.714. The van der Waals surface area contributed by atoms with Crippen molar-refractivity contribution in [3.05, 3.63) is 24.3 Å². The van der Waals surface area contributed by atoms with Crippen LogP contribution in [-0.2, 0) is 0 Å². The van der Waals surface area contributed by atoms with Crippen molar-refractivity contribution in [2.24, 2.45) is 0 Å². The smallest absolute Gasteiger partial charge is 0.115 e. The molecule has 1 heterocycles. The van der Waals surface area contributed by atoms with Gasteiger partial charge in [-0.15, -0.1) is 12.3 Å². The molecule has 0 radical (unpaired) electrons. The maximum absolute atomic E-state index is 9.29. The van der Waals surface area contributed by atoms with Crippen molar-refractivity contribution in [1.82, 2.24) is 9.97 Å². The Morgan fingerprint density at radius 3 is 3.09 bits per heavy atom. The highest BCUT2D eigenvalue weighted by molar-refractivity contribution is 5.05. The lowest BCUT2D eigenvalue weighted by Gasteiger charge is -2.03. The monoisotopic (exact) mass is 148 g/mol. The van der Waals surface area contributed by atoms with Crippen LogP contribution in [0.25, 0.3) is 0 Å². The highest BCUT2D eigenvalue weighted by Gasteiger charge is 2.04. The first-order chi connectivity index (χ1) is 5.34. The highest BCUT2D eigenvalue weighted by atomic mass is 16.3. The number of rotatable bonds is 2. The minimum atomic E-state index is -0.664. The summed E-state index contributed by atoms with van der Waals surface area (Å²) in [6, 6.07) is 1.64. The van der Waals surface area contributed by atoms with Gasteiger partial charge in [0.1, 0.15) is 12.4 Å². The van der Waals surface area contributed by atoms with Gasteiger partial charge in [-0.3, -0.25) is 0 Å². The third kappa shape index (κ3) is 2.03. The van der Waals surface area contributed by atoms with Gasteiger partial charge in [-0.1, -0.05) is 0 Å². The Hall–Kier alpha value is -1.40. The van der Waals surface area contributed by atoms with E-state index in [1.807, 2.05) is 0 Å². The van der Waals surface area contributed by atoms with Crippen LogP contribution in [0.5, 0.6) is 0 Å². The molecule has 1 unspecified atom stereocenters. The molecule has 0 bridgehead atoms. The van der Waals surface area contributed by atoms with E-state index in [0.717, 1.165) is 0 Å². The highest BCUT2D eigenvalue weighted by Crippen LogP contribution is 2.10. The summed E-state index contributed by atoms with van der Waals surface area (Å²) in [4.78, 5) is 7.55. The zero-order valence-corrected chi connectivity index (χ0v) is 5.94. The van der Waals surface area contributed by atoms with Crippen LogP contribution in [0.1, 0.15) is 18.2 Å². The number of terminal acetylenes is 1. The summed E-state index contributed by atoms with van der Waals surface area (Å²) in [6.07, 6.45) is 7.59. The van der Waals surface area contributed by atoms with Crippen LogP contribution in [0.2, 0.25) is 0 Å². The minimum Gasteiger partial charge on any atom is -0.386 e. The van der Waals surface area contributed by atoms with Crippen molar-refractivity contribution in [3.63, 3.8) is 0 Å². The molecule has 1 aromatic rings. The maximum Gasteiger partial charge on any atom is 0.115 e. The van der Waals surface area contributed by atoms with Gasteiger partial charge in [-0.2, -0.15) is 0 Å². The summed E-state index contributed by atoms with van der Waals surface area (Å²) < 4.78 is 0. The molecule has 3 nitrogen and oxygen atoms in total. The third-order valence-corrected chi connectivity index (χ3v) is 1.26. The SMILES string of the molecule is C#CCC(O)c1ccncn1. The van der Waals surface area contributed by atoms with Gasteiger partial charge in [0, 0.05) is 12.6 Å². The molecule has 0 amide bonds. The molecule has 1 N–H and O–H groups in total. The summed E-state index contributed by atoms with van der Waals surface area (Å²) in [5.74, 6) is 2.36. The van der Waals surface area contributed by atoms with Crippen molar-refractivity contribution in [1.29, 1.82) is 0 Å². The Morgan fingerprint density at radius 2 is 2.55 bits per heavy atom. The van der Waals surface area contributed by atoms with E-state index in [4.69, 9.17) is 6.42 Å². The first kappa shape index (κ1) is 7.70. The van der Waals surface area contributed by atoms with Crippen molar-refractivity contribution in [2.75, 3.05) is 0 Å². The van der Waals surface area contributed by atoms with Gasteiger partial charge in [-0.25, -0.2) is 9.97 Å². The minimum absolute atomic E-state index is 0.289. The molecule has 1 aromatic heterocycles. The number of hydrogen-bond acceptors (Lipinski definition) is 3. The maximum atomic E-state index is 9.29. The predicted molar refractivity (Wildman–Crippen MR) is 40.4 cm³/mol. The average molecular weight is 148 g/mol. The molecular weight excluding hydrogens is 140 g/mol. The molecule has 0 aliphatic heterocycles. The Morgan fingerprint density at radius 1 is 1.73 bits per heavy atom. The Kier molecular flexibility index (Phi) is 2.59. The van der Waals surface area contributed by atoms with Crippen molar-refractivity contribution in [3.8, 4) is 12.3 Å². The van der Waals surface area contributed by atoms with E-state index in [1.165, 1.54) is 6.33 Å². The second kappa shape index (κ2) is 3.69. The first-order valence-corrected chi connectivity index (χ1v) is 3.22. The van der Waals surface area contributed by atoms with Crippen LogP contribution in [0.4, 0.5) is 0 Å². The van der Waals surface area contributed by atoms with Crippen molar-refractivity contribution in [2.45, 2.75) is 12.5 Å². The molecule has 0 aliphatic carbocycles. The van der Waals surface area contributed by atoms with Gasteiger partial charge >= 0.3 is 0 Å². The van der Waals surface area contributed by atoms with Crippen LogP contribution in [0, 0.1) is 12.3 Å². The number of hydrogen-bond donors (Lipinski definition) is 1. The molecule has 0 spiro atoms. The molecule has 11 heavy (non-hydrogen) atoms. The zero-order valence-electron chi connectivity index (χ0n) is 5.94. The van der Waals surface area contributed by atoms with Crippen LogP contribution >= 0.6 is 0 Å². The normalized spacial score (nSPS) is 12.0. The predicted octanol–water partition coefficient (Wildman–Crippen LogP) is 0.533. The van der Waals surface area contributed by atoms with E-state index in [0.29, 0.717) is 5.69 Å². The van der Waals surface area contributed by atoms with E-state index >= 15 is 0 Å². The van der Waals surface area contributed by atoms with E-state index < -0.39 is 6.10 Å². The molecule has 56 valence electrons. The van der Waals surface area contributed by atoms with Crippen LogP contribution < -0.4 is 0 Å². The van der Waals surface area contributed by atoms with Crippen LogP contribution in [0.3, 0.4) is 0 Å². The molecule has 0 aliphatic rings. The third-order valence-electron chi connectivity index (χ3n) is 1.26. The fraction of sp³-hybridized carbons (Fsp3) is 0.250. The second-order valence-electron chi connectivity index (χ2n) is 2.06. The molecule has 3 heteroatoms. The zero-order chi connectivity index (χ0) is 8.10. The topological polar surface area (TPSA) is 46.0 Å². The molecule has 0 aromatic carbocycles. The quantitative estimate of drug-likeness (QED) is 0.622. The fourth-order valence-corrected chi connectivity index (χ4v) is 0.714. The van der Waals surface area contributed by atoms with Gasteiger partial charge in [-0.05, 0) is 6.07 Å². The van der Waals surface area contributed by atoms with Gasteiger partial charge in [0.15, 0.2) is 0 Å². The van der Waals surface area contributed by atoms with Gasteiger partial charge < -0.3 is 5.11 Å². The number of aliphatic hydroxyl groups excluding tert-OH is 1. The largest absolute Gasteiger partial charge is 0.386 e. The molecule has 1 atom stereocenters. The van der Waals surface area contributed by atoms with Gasteiger partial charge in [0.05, 0.1) is 5.69 Å². The van der Waals surface area contributed by atoms with Crippen molar-refractivity contribution < 1.29 is 5.11 Å². The van der Waals surface area contributed by atoms with Crippen LogP contribution in [-0.4, -0.2) is 15.1 Å². The summed E-state index contributed by atoms with van der Waals surface area (Å²) in [6.45, 7) is 0. The van der Waals surface area contributed by atoms with E-state index in [9.17, 15) is 5.11 Å². The Balaban J connectivity index is 2.70. The van der Waals surface area contributed by atoms with Crippen LogP contribution in [0.15, 0.2) is 18.6 Å². The lowest BCUT2D eigenvalue weighted by atomic mass is 10.2. The molecule has 0 fully saturated rings. The molecular formula is C8H8N2O. The number of nitrogens with zero attached hydrogens (tertiary/aromatic N) is 2. The summed E-state index contributed by atoms with van der Waals surface area (Å²) >= 11 is 0. The lowest BCUT2D eigenvalue weighted by molar-refractivity contribution is 0.179. The number of aromatic nitrogens is 2. The summed E-state index contributed by atoms with van der Waals surface area (Å²) in [5, 5.41) is 9.29. The van der Waals surface area contributed by atoms with Gasteiger partial charge in [0.25, 0.3) is 0 Å². The van der Waals surface area contributed by atoms with E-state index in [2.05, 4.69) is 15.9 Å². The molecule has 0 saturated carbocycles.